The van der Waals surface area contributed by atoms with Gasteiger partial charge < -0.3 is 4.74 Å². The summed E-state index contributed by atoms with van der Waals surface area (Å²) in [6.45, 7) is 5.49. The summed E-state index contributed by atoms with van der Waals surface area (Å²) in [7, 11) is 0. The number of benzene rings is 1. The van der Waals surface area contributed by atoms with Gasteiger partial charge in [-0.1, -0.05) is 11.6 Å². The van der Waals surface area contributed by atoms with Crippen molar-refractivity contribution in [2.45, 2.75) is 26.4 Å². The number of carbonyl (C=O) groups excluding carboxylic acids is 1. The Morgan fingerprint density at radius 1 is 1.28 bits per heavy atom. The molecule has 0 radical (unpaired) electrons. The molecule has 0 aliphatic carbocycles. The minimum absolute atomic E-state index is 0.378. The molecular formula is C14H14ClNO2. The topological polar surface area (TPSA) is 39.2 Å². The smallest absolute Gasteiger partial charge is 0.340 e. The van der Waals surface area contributed by atoms with Crippen LogP contribution in [0.5, 0.6) is 0 Å². The van der Waals surface area contributed by atoms with Gasteiger partial charge in [0, 0.05) is 16.6 Å². The summed E-state index contributed by atoms with van der Waals surface area (Å²) in [6.07, 6.45) is 1.52. The van der Waals surface area contributed by atoms with E-state index in [4.69, 9.17) is 16.3 Å². The van der Waals surface area contributed by atoms with Gasteiger partial charge in [0.05, 0.1) is 11.1 Å². The fourth-order valence-electron chi connectivity index (χ4n) is 1.55. The number of nitrogens with zero attached hydrogens (tertiary/aromatic N) is 1. The number of carbonyl (C=O) groups is 1. The van der Waals surface area contributed by atoms with Crippen LogP contribution in [-0.4, -0.2) is 16.6 Å². The van der Waals surface area contributed by atoms with Crippen molar-refractivity contribution in [3.8, 4) is 0 Å². The number of rotatable bonds is 1. The van der Waals surface area contributed by atoms with Gasteiger partial charge in [-0.25, -0.2) is 4.79 Å². The Morgan fingerprint density at radius 2 is 2.00 bits per heavy atom. The average Bonchev–Trinajstić information content (AvgIpc) is 2.25. The van der Waals surface area contributed by atoms with Gasteiger partial charge in [0.2, 0.25) is 0 Å². The highest BCUT2D eigenvalue weighted by Gasteiger charge is 2.18. The fraction of sp³-hybridized carbons (Fsp3) is 0.286. The molecule has 0 unspecified atom stereocenters. The Bertz CT molecular complexity index is 602. The van der Waals surface area contributed by atoms with Gasteiger partial charge in [-0.15, -0.1) is 0 Å². The van der Waals surface area contributed by atoms with Crippen LogP contribution >= 0.6 is 11.6 Å². The number of aromatic nitrogens is 1. The summed E-state index contributed by atoms with van der Waals surface area (Å²) in [6, 6.07) is 7.10. The number of fused-ring (bicyclic) bond motifs is 1. The van der Waals surface area contributed by atoms with E-state index in [9.17, 15) is 4.79 Å². The lowest BCUT2D eigenvalue weighted by molar-refractivity contribution is 0.00693. The Morgan fingerprint density at radius 3 is 2.67 bits per heavy atom. The second-order valence-electron chi connectivity index (χ2n) is 5.06. The third-order valence-corrected chi connectivity index (χ3v) is 2.51. The molecule has 0 atom stereocenters. The van der Waals surface area contributed by atoms with Crippen molar-refractivity contribution in [2.75, 3.05) is 0 Å². The summed E-state index contributed by atoms with van der Waals surface area (Å²) in [5.41, 5.74) is 0.715. The van der Waals surface area contributed by atoms with E-state index >= 15 is 0 Å². The van der Waals surface area contributed by atoms with Gasteiger partial charge >= 0.3 is 5.97 Å². The summed E-state index contributed by atoms with van der Waals surface area (Å²) >= 11 is 5.91. The Kier molecular flexibility index (Phi) is 3.26. The quantitative estimate of drug-likeness (QED) is 0.734. The highest BCUT2D eigenvalue weighted by atomic mass is 35.5. The van der Waals surface area contributed by atoms with E-state index in [1.807, 2.05) is 26.8 Å². The first-order valence-corrected chi connectivity index (χ1v) is 6.02. The van der Waals surface area contributed by atoms with Crippen LogP contribution in [0, 0.1) is 0 Å². The molecule has 18 heavy (non-hydrogen) atoms. The second-order valence-corrected chi connectivity index (χ2v) is 5.50. The van der Waals surface area contributed by atoms with Crippen LogP contribution in [0.4, 0.5) is 0 Å². The summed E-state index contributed by atoms with van der Waals surface area (Å²) in [5, 5.41) is 1.44. The normalized spacial score (nSPS) is 11.6. The van der Waals surface area contributed by atoms with Gasteiger partial charge in [0.15, 0.2) is 0 Å². The molecule has 0 bridgehead atoms. The number of esters is 1. The van der Waals surface area contributed by atoms with Crippen molar-refractivity contribution in [3.63, 3.8) is 0 Å². The lowest BCUT2D eigenvalue weighted by atomic mass is 10.1. The standard InChI is InChI=1S/C14H14ClNO2/c1-14(2,3)18-13(17)10-6-9-7-11(15)4-5-12(9)16-8-10/h4-8H,1-3H3. The third kappa shape index (κ3) is 2.99. The van der Waals surface area contributed by atoms with Crippen molar-refractivity contribution in [3.05, 3.63) is 41.0 Å². The molecule has 1 heterocycles. The predicted molar refractivity (Wildman–Crippen MR) is 71.9 cm³/mol. The van der Waals surface area contributed by atoms with Crippen LogP contribution in [0.25, 0.3) is 10.9 Å². The van der Waals surface area contributed by atoms with Crippen LogP contribution in [0.2, 0.25) is 5.02 Å². The molecule has 2 aromatic rings. The van der Waals surface area contributed by atoms with Crippen molar-refractivity contribution in [1.82, 2.24) is 4.98 Å². The van der Waals surface area contributed by atoms with E-state index in [-0.39, 0.29) is 5.97 Å². The maximum Gasteiger partial charge on any atom is 0.340 e. The first-order chi connectivity index (χ1) is 8.35. The van der Waals surface area contributed by atoms with E-state index < -0.39 is 5.60 Å². The number of hydrogen-bond acceptors (Lipinski definition) is 3. The zero-order chi connectivity index (χ0) is 13.3. The van der Waals surface area contributed by atoms with Gasteiger partial charge in [-0.2, -0.15) is 0 Å². The molecule has 4 heteroatoms. The largest absolute Gasteiger partial charge is 0.456 e. The minimum Gasteiger partial charge on any atom is -0.456 e. The monoisotopic (exact) mass is 263 g/mol. The molecule has 0 N–H and O–H groups in total. The maximum atomic E-state index is 11.9. The molecule has 0 amide bonds. The van der Waals surface area contributed by atoms with Gasteiger partial charge in [0.25, 0.3) is 0 Å². The first kappa shape index (κ1) is 12.8. The number of halogens is 1. The average molecular weight is 264 g/mol. The molecule has 2 rings (SSSR count). The van der Waals surface area contributed by atoms with E-state index in [0.717, 1.165) is 10.9 Å². The summed E-state index contributed by atoms with van der Waals surface area (Å²) < 4.78 is 5.29. The lowest BCUT2D eigenvalue weighted by Crippen LogP contribution is -2.23. The summed E-state index contributed by atoms with van der Waals surface area (Å²) in [4.78, 5) is 16.1. The molecule has 0 aliphatic heterocycles. The number of pyridine rings is 1. The zero-order valence-electron chi connectivity index (χ0n) is 10.5. The molecule has 1 aromatic heterocycles. The zero-order valence-corrected chi connectivity index (χ0v) is 11.3. The van der Waals surface area contributed by atoms with Crippen LogP contribution < -0.4 is 0 Å². The lowest BCUT2D eigenvalue weighted by Gasteiger charge is -2.19. The molecule has 94 valence electrons. The minimum atomic E-state index is -0.514. The fourth-order valence-corrected chi connectivity index (χ4v) is 1.73. The van der Waals surface area contributed by atoms with E-state index in [1.54, 1.807) is 18.2 Å². The molecule has 0 aliphatic rings. The van der Waals surface area contributed by atoms with Crippen molar-refractivity contribution < 1.29 is 9.53 Å². The number of ether oxygens (including phenoxy) is 1. The van der Waals surface area contributed by atoms with Crippen molar-refractivity contribution in [2.24, 2.45) is 0 Å². The van der Waals surface area contributed by atoms with Crippen LogP contribution in [0.1, 0.15) is 31.1 Å². The molecule has 3 nitrogen and oxygen atoms in total. The van der Waals surface area contributed by atoms with E-state index in [2.05, 4.69) is 4.98 Å². The molecular weight excluding hydrogens is 250 g/mol. The van der Waals surface area contributed by atoms with E-state index in [1.165, 1.54) is 6.20 Å². The van der Waals surface area contributed by atoms with E-state index in [0.29, 0.717) is 10.6 Å². The second kappa shape index (κ2) is 4.58. The Labute approximate surface area is 111 Å². The predicted octanol–water partition coefficient (Wildman–Crippen LogP) is 3.84. The third-order valence-electron chi connectivity index (χ3n) is 2.28. The SMILES string of the molecule is CC(C)(C)OC(=O)c1cnc2ccc(Cl)cc2c1. The van der Waals surface area contributed by atoms with Crippen molar-refractivity contribution in [1.29, 1.82) is 0 Å². The molecule has 0 saturated carbocycles. The summed E-state index contributed by atoms with van der Waals surface area (Å²) in [5.74, 6) is -0.378. The van der Waals surface area contributed by atoms with Gasteiger partial charge in [0.1, 0.15) is 5.60 Å². The molecule has 0 fully saturated rings. The number of hydrogen-bond donors (Lipinski definition) is 0. The van der Waals surface area contributed by atoms with Gasteiger partial charge in [-0.05, 0) is 45.0 Å². The van der Waals surface area contributed by atoms with Crippen LogP contribution in [0.3, 0.4) is 0 Å². The first-order valence-electron chi connectivity index (χ1n) is 5.64. The maximum absolute atomic E-state index is 11.9. The molecule has 0 saturated heterocycles. The molecule has 0 spiro atoms. The Balaban J connectivity index is 2.37. The highest BCUT2D eigenvalue weighted by molar-refractivity contribution is 6.31. The van der Waals surface area contributed by atoms with Crippen LogP contribution in [0.15, 0.2) is 30.5 Å². The molecule has 1 aromatic carbocycles. The van der Waals surface area contributed by atoms with Crippen molar-refractivity contribution >= 4 is 28.5 Å². The van der Waals surface area contributed by atoms with Crippen LogP contribution in [-0.2, 0) is 4.74 Å². The highest BCUT2D eigenvalue weighted by Crippen LogP contribution is 2.20. The van der Waals surface area contributed by atoms with Gasteiger partial charge in [-0.3, -0.25) is 4.98 Å². The Hall–Kier alpha value is -1.61.